The van der Waals surface area contributed by atoms with Crippen LogP contribution in [-0.4, -0.2) is 46.2 Å². The van der Waals surface area contributed by atoms with Gasteiger partial charge in [0.2, 0.25) is 11.8 Å². The maximum Gasteiger partial charge on any atom is 0.251 e. The van der Waals surface area contributed by atoms with Gasteiger partial charge in [-0.05, 0) is 6.92 Å². The van der Waals surface area contributed by atoms with Gasteiger partial charge in [-0.1, -0.05) is 0 Å². The molecule has 0 bridgehead atoms. The lowest BCUT2D eigenvalue weighted by atomic mass is 9.97. The lowest BCUT2D eigenvalue weighted by molar-refractivity contribution is -0.288. The van der Waals surface area contributed by atoms with Gasteiger partial charge in [0.25, 0.3) is 5.91 Å². The molecule has 4 atom stereocenters. The first-order valence-electron chi connectivity index (χ1n) is 5.37. The molecule has 0 aromatic rings. The summed E-state index contributed by atoms with van der Waals surface area (Å²) in [5.41, 5.74) is 0. The monoisotopic (exact) mass is 246 g/mol. The van der Waals surface area contributed by atoms with E-state index in [1.54, 1.807) is 6.92 Å². The number of rotatable bonds is 2. The fraction of sp³-hybridized carbons (Fsp3) is 0.800. The fourth-order valence-electron chi connectivity index (χ4n) is 1.96. The van der Waals surface area contributed by atoms with Gasteiger partial charge in [-0.15, -0.1) is 0 Å². The molecule has 17 heavy (non-hydrogen) atoms. The van der Waals surface area contributed by atoms with Crippen LogP contribution in [-0.2, 0) is 14.3 Å². The van der Waals surface area contributed by atoms with E-state index < -0.39 is 30.1 Å². The Balaban J connectivity index is 2.72. The van der Waals surface area contributed by atoms with Crippen LogP contribution in [0.3, 0.4) is 0 Å². The zero-order valence-corrected chi connectivity index (χ0v) is 10.1. The Bertz CT molecular complexity index is 308. The zero-order valence-electron chi connectivity index (χ0n) is 10.1. The molecule has 1 rings (SSSR count). The molecule has 0 radical (unpaired) electrons. The topological polar surface area (TPSA) is 108 Å². The molecule has 1 aliphatic heterocycles. The molecule has 0 aliphatic carbocycles. The minimum Gasteiger partial charge on any atom is -0.391 e. The van der Waals surface area contributed by atoms with E-state index >= 15 is 0 Å². The van der Waals surface area contributed by atoms with Gasteiger partial charge in [-0.3, -0.25) is 9.59 Å². The van der Waals surface area contributed by atoms with Crippen LogP contribution in [0.1, 0.15) is 27.2 Å². The van der Waals surface area contributed by atoms with Crippen molar-refractivity contribution in [3.05, 3.63) is 0 Å². The molecule has 1 unspecified atom stereocenters. The van der Waals surface area contributed by atoms with Gasteiger partial charge < -0.3 is 25.6 Å². The summed E-state index contributed by atoms with van der Waals surface area (Å²) in [4.78, 5) is 21.8. The second-order valence-electron chi connectivity index (χ2n) is 4.29. The van der Waals surface area contributed by atoms with Crippen molar-refractivity contribution in [3.8, 4) is 0 Å². The molecular formula is C10H18N2O5. The number of ether oxygens (including phenoxy) is 1. The molecule has 0 saturated carbocycles. The molecule has 1 saturated heterocycles. The average molecular weight is 246 g/mol. The van der Waals surface area contributed by atoms with E-state index in [-0.39, 0.29) is 12.3 Å². The third kappa shape index (κ3) is 3.65. The van der Waals surface area contributed by atoms with Crippen molar-refractivity contribution in [2.75, 3.05) is 0 Å². The summed E-state index contributed by atoms with van der Waals surface area (Å²) < 4.78 is 5.22. The Labute approximate surface area is 99.1 Å². The van der Waals surface area contributed by atoms with Crippen molar-refractivity contribution in [3.63, 3.8) is 0 Å². The van der Waals surface area contributed by atoms with Gasteiger partial charge in [0, 0.05) is 13.8 Å². The van der Waals surface area contributed by atoms with Crippen molar-refractivity contribution in [1.82, 2.24) is 10.6 Å². The minimum absolute atomic E-state index is 0.206. The van der Waals surface area contributed by atoms with Gasteiger partial charge in [0.15, 0.2) is 0 Å². The molecule has 0 aromatic carbocycles. The second kappa shape index (κ2) is 4.99. The molecule has 7 nitrogen and oxygen atoms in total. The first kappa shape index (κ1) is 13.9. The SMILES string of the molecule is CC(=O)N[C@H]1[C@H](O)CC(O)(NC(C)=O)O[C@@H]1C. The van der Waals surface area contributed by atoms with Gasteiger partial charge >= 0.3 is 0 Å². The molecule has 98 valence electrons. The number of amides is 2. The average Bonchev–Trinajstić information content (AvgIpc) is 2.08. The van der Waals surface area contributed by atoms with E-state index in [2.05, 4.69) is 10.6 Å². The number of aliphatic hydroxyl groups is 2. The highest BCUT2D eigenvalue weighted by atomic mass is 16.7. The lowest BCUT2D eigenvalue weighted by Crippen LogP contribution is -2.64. The molecule has 0 aromatic heterocycles. The van der Waals surface area contributed by atoms with Crippen LogP contribution >= 0.6 is 0 Å². The summed E-state index contributed by atoms with van der Waals surface area (Å²) in [6.07, 6.45) is -1.83. The number of hydrogen-bond acceptors (Lipinski definition) is 5. The van der Waals surface area contributed by atoms with Crippen LogP contribution < -0.4 is 10.6 Å². The number of aliphatic hydroxyl groups excluding tert-OH is 1. The van der Waals surface area contributed by atoms with Crippen LogP contribution in [0.5, 0.6) is 0 Å². The minimum atomic E-state index is -1.89. The van der Waals surface area contributed by atoms with Crippen LogP contribution in [0.15, 0.2) is 0 Å². The van der Waals surface area contributed by atoms with Crippen molar-refractivity contribution in [1.29, 1.82) is 0 Å². The fourth-order valence-corrected chi connectivity index (χ4v) is 1.96. The first-order valence-corrected chi connectivity index (χ1v) is 5.37. The predicted octanol–water partition coefficient (Wildman–Crippen LogP) is -1.56. The smallest absolute Gasteiger partial charge is 0.251 e. The Kier molecular flexibility index (Phi) is 4.07. The van der Waals surface area contributed by atoms with Gasteiger partial charge in [0.1, 0.15) is 0 Å². The molecule has 0 spiro atoms. The van der Waals surface area contributed by atoms with Crippen LogP contribution in [0.2, 0.25) is 0 Å². The molecule has 1 aliphatic rings. The number of carbonyl (C=O) groups is 2. The third-order valence-electron chi connectivity index (χ3n) is 2.53. The van der Waals surface area contributed by atoms with Crippen molar-refractivity contribution < 1.29 is 24.5 Å². The molecular weight excluding hydrogens is 228 g/mol. The van der Waals surface area contributed by atoms with E-state index in [0.29, 0.717) is 0 Å². The van der Waals surface area contributed by atoms with E-state index in [0.717, 1.165) is 0 Å². The summed E-state index contributed by atoms with van der Waals surface area (Å²) in [5, 5.41) is 24.5. The van der Waals surface area contributed by atoms with E-state index in [4.69, 9.17) is 4.74 Å². The zero-order chi connectivity index (χ0) is 13.2. The van der Waals surface area contributed by atoms with Crippen LogP contribution in [0.25, 0.3) is 0 Å². The predicted molar refractivity (Wildman–Crippen MR) is 57.5 cm³/mol. The maximum absolute atomic E-state index is 10.9. The first-order chi connectivity index (χ1) is 7.73. The summed E-state index contributed by atoms with van der Waals surface area (Å²) in [7, 11) is 0. The van der Waals surface area contributed by atoms with Gasteiger partial charge in [0.05, 0.1) is 24.7 Å². The largest absolute Gasteiger partial charge is 0.391 e. The normalized spacial score (nSPS) is 37.4. The Hall–Kier alpha value is -1.18. The standard InChI is InChI=1S/C10H18N2O5/c1-5-9(11-6(2)13)8(15)4-10(16,17-5)12-7(3)14/h5,8-9,15-16H,4H2,1-3H3,(H,11,13)(H,12,14)/t5-,8-,9-,10?/m1/s1. The quantitative estimate of drug-likeness (QED) is 0.441. The third-order valence-corrected chi connectivity index (χ3v) is 2.53. The Morgan fingerprint density at radius 2 is 1.94 bits per heavy atom. The molecule has 1 fully saturated rings. The number of hydrogen-bond donors (Lipinski definition) is 4. The lowest BCUT2D eigenvalue weighted by Gasteiger charge is -2.43. The summed E-state index contributed by atoms with van der Waals surface area (Å²) in [6, 6.07) is -0.610. The molecule has 1 heterocycles. The van der Waals surface area contributed by atoms with E-state index in [9.17, 15) is 19.8 Å². The maximum atomic E-state index is 10.9. The summed E-state index contributed by atoms with van der Waals surface area (Å²) >= 11 is 0. The second-order valence-corrected chi connectivity index (χ2v) is 4.29. The molecule has 2 amide bonds. The summed E-state index contributed by atoms with van der Waals surface area (Å²) in [6.45, 7) is 4.15. The van der Waals surface area contributed by atoms with Crippen molar-refractivity contribution in [2.45, 2.75) is 51.4 Å². The van der Waals surface area contributed by atoms with Gasteiger partial charge in [-0.2, -0.15) is 0 Å². The Morgan fingerprint density at radius 1 is 1.35 bits per heavy atom. The highest BCUT2D eigenvalue weighted by Crippen LogP contribution is 2.25. The van der Waals surface area contributed by atoms with Crippen molar-refractivity contribution >= 4 is 11.8 Å². The highest BCUT2D eigenvalue weighted by Gasteiger charge is 2.45. The van der Waals surface area contributed by atoms with E-state index in [1.165, 1.54) is 13.8 Å². The highest BCUT2D eigenvalue weighted by molar-refractivity contribution is 5.74. The Morgan fingerprint density at radius 3 is 2.35 bits per heavy atom. The van der Waals surface area contributed by atoms with Crippen LogP contribution in [0, 0.1) is 0 Å². The van der Waals surface area contributed by atoms with Crippen molar-refractivity contribution in [2.24, 2.45) is 0 Å². The molecule has 4 N–H and O–H groups in total. The number of carbonyl (C=O) groups excluding carboxylic acids is 2. The van der Waals surface area contributed by atoms with E-state index in [1.807, 2.05) is 0 Å². The summed E-state index contributed by atoms with van der Waals surface area (Å²) in [5.74, 6) is -2.65. The molecule has 7 heteroatoms. The van der Waals surface area contributed by atoms with Gasteiger partial charge in [-0.25, -0.2) is 0 Å². The van der Waals surface area contributed by atoms with Crippen LogP contribution in [0.4, 0.5) is 0 Å². The number of nitrogens with one attached hydrogen (secondary N) is 2.